The average Bonchev–Trinajstić information content (AvgIpc) is 3.75. The van der Waals surface area contributed by atoms with Gasteiger partial charge in [-0.3, -0.25) is 23.9 Å². The highest BCUT2D eigenvalue weighted by Crippen LogP contribution is 2.48. The Morgan fingerprint density at radius 3 is 2.49 bits per heavy atom. The second-order valence-corrected chi connectivity index (χ2v) is 16.7. The van der Waals surface area contributed by atoms with Crippen molar-refractivity contribution in [2.45, 2.75) is 90.3 Å². The van der Waals surface area contributed by atoms with E-state index in [1.54, 1.807) is 18.0 Å². The number of carbonyl (C=O) groups excluding carboxylic acids is 2. The summed E-state index contributed by atoms with van der Waals surface area (Å²) in [5.74, 6) is 2.49. The van der Waals surface area contributed by atoms with E-state index >= 15 is 0 Å². The van der Waals surface area contributed by atoms with Gasteiger partial charge in [0.2, 0.25) is 0 Å². The molecule has 2 aliphatic heterocycles. The van der Waals surface area contributed by atoms with Crippen molar-refractivity contribution in [3.63, 3.8) is 0 Å². The monoisotopic (exact) mass is 738 g/mol. The van der Waals surface area contributed by atoms with Gasteiger partial charge < -0.3 is 14.2 Å². The van der Waals surface area contributed by atoms with Gasteiger partial charge in [-0.05, 0) is 131 Å². The van der Waals surface area contributed by atoms with E-state index in [0.29, 0.717) is 29.5 Å². The molecule has 2 unspecified atom stereocenters. The number of hydrogen-bond donors (Lipinski definition) is 1. The molecule has 9 nitrogen and oxygen atoms in total. The van der Waals surface area contributed by atoms with E-state index in [-0.39, 0.29) is 5.91 Å². The number of nitrogens with zero attached hydrogens (tertiary/aromatic N) is 5. The number of allylic oxidation sites excluding steroid dienone is 1. The zero-order valence-corrected chi connectivity index (χ0v) is 33.8. The van der Waals surface area contributed by atoms with Crippen LogP contribution in [0.15, 0.2) is 42.6 Å². The number of fused-ring (bicyclic) bond motifs is 5. The van der Waals surface area contributed by atoms with Gasteiger partial charge in [0, 0.05) is 53.5 Å². The summed E-state index contributed by atoms with van der Waals surface area (Å²) in [5.41, 5.74) is 8.77. The first-order valence-corrected chi connectivity index (χ1v) is 20.3. The van der Waals surface area contributed by atoms with Gasteiger partial charge in [-0.2, -0.15) is 5.10 Å². The van der Waals surface area contributed by atoms with Crippen LogP contribution in [0.1, 0.15) is 109 Å². The highest BCUT2D eigenvalue weighted by molar-refractivity contribution is 7.97. The summed E-state index contributed by atoms with van der Waals surface area (Å²) >= 11 is 1.46. The van der Waals surface area contributed by atoms with E-state index in [1.165, 1.54) is 67.2 Å². The molecule has 7 rings (SSSR count). The zero-order valence-electron chi connectivity index (χ0n) is 32.9. The fourth-order valence-corrected chi connectivity index (χ4v) is 9.10. The van der Waals surface area contributed by atoms with Crippen molar-refractivity contribution in [1.82, 2.24) is 28.9 Å². The average molecular weight is 739 g/mol. The molecule has 53 heavy (non-hydrogen) atoms. The molecular formula is C43H58N6O3S. The van der Waals surface area contributed by atoms with Gasteiger partial charge in [0.1, 0.15) is 5.75 Å². The molecule has 2 fully saturated rings. The quantitative estimate of drug-likeness (QED) is 0.129. The molecule has 0 radical (unpaired) electrons. The molecule has 3 aliphatic rings. The lowest BCUT2D eigenvalue weighted by Gasteiger charge is -2.25. The standard InChI is InChI=1S/C34H38N4O3S.C9H20N2/c1-21(2)20-42-36-34(40)23-10-12-29-30(16-23)38-18-25(32-26(19-39)17-35-37(32)3)14-24-15-27(41-4)11-13-28(24)33(38)31(29)22-8-6-5-7-9-22;1-8-5-6-9(11(8)4)7-10(2)3/h10-17,19,21-22H,5-9,18,20H2,1-4H3,(H,36,40);8-9H,5-7H2,1-4H3. The van der Waals surface area contributed by atoms with E-state index in [2.05, 4.69) is 90.4 Å². The molecule has 1 amide bonds. The van der Waals surface area contributed by atoms with Gasteiger partial charge in [-0.15, -0.1) is 0 Å². The first-order chi connectivity index (χ1) is 25.5. The number of carbonyl (C=O) groups is 2. The molecule has 2 atom stereocenters. The minimum Gasteiger partial charge on any atom is -0.497 e. The van der Waals surface area contributed by atoms with Crippen molar-refractivity contribution in [3.8, 4) is 17.0 Å². The van der Waals surface area contributed by atoms with E-state index in [0.717, 1.165) is 70.6 Å². The van der Waals surface area contributed by atoms with Gasteiger partial charge in [-0.1, -0.05) is 39.2 Å². The van der Waals surface area contributed by atoms with Crippen molar-refractivity contribution < 1.29 is 14.3 Å². The summed E-state index contributed by atoms with van der Waals surface area (Å²) in [6.07, 6.45) is 13.4. The van der Waals surface area contributed by atoms with E-state index in [4.69, 9.17) is 4.74 Å². The Labute approximate surface area is 320 Å². The summed E-state index contributed by atoms with van der Waals surface area (Å²) < 4.78 is 12.8. The number of rotatable bonds is 10. The van der Waals surface area contributed by atoms with Gasteiger partial charge in [0.05, 0.1) is 36.8 Å². The van der Waals surface area contributed by atoms with Crippen LogP contribution >= 0.6 is 11.9 Å². The number of aromatic nitrogens is 3. The van der Waals surface area contributed by atoms with Crippen LogP contribution < -0.4 is 9.46 Å². The third-order valence-electron chi connectivity index (χ3n) is 11.3. The SMILES string of the molecule is CC1CCC(CN(C)C)N1C.COc1ccc2c(c1)C=C(c1c(C=O)cnn1C)Cn1c-2c(C2CCCCC2)c2ccc(C(=O)NSCC(C)C)cc21. The summed E-state index contributed by atoms with van der Waals surface area (Å²) in [7, 11) is 10.1. The van der Waals surface area contributed by atoms with E-state index in [1.807, 2.05) is 25.2 Å². The van der Waals surface area contributed by atoms with Gasteiger partial charge in [0.25, 0.3) is 5.91 Å². The van der Waals surface area contributed by atoms with E-state index < -0.39 is 0 Å². The lowest BCUT2D eigenvalue weighted by atomic mass is 9.81. The zero-order chi connectivity index (χ0) is 37.8. The minimum atomic E-state index is -0.0817. The number of benzene rings is 2. The van der Waals surface area contributed by atoms with Crippen LogP contribution in [0.5, 0.6) is 5.75 Å². The molecule has 0 spiro atoms. The van der Waals surface area contributed by atoms with Gasteiger partial charge in [-0.25, -0.2) is 0 Å². The molecule has 2 aromatic carbocycles. The van der Waals surface area contributed by atoms with Crippen LogP contribution in [-0.2, 0) is 13.6 Å². The summed E-state index contributed by atoms with van der Waals surface area (Å²) in [5, 5.41) is 5.61. The first-order valence-electron chi connectivity index (χ1n) is 19.3. The second-order valence-electron chi connectivity index (χ2n) is 15.9. The van der Waals surface area contributed by atoms with Crippen LogP contribution in [0.25, 0.3) is 33.8 Å². The Morgan fingerprint density at radius 1 is 1.06 bits per heavy atom. The molecule has 1 saturated heterocycles. The predicted molar refractivity (Wildman–Crippen MR) is 220 cm³/mol. The lowest BCUT2D eigenvalue weighted by molar-refractivity contribution is 0.0984. The molecule has 284 valence electrons. The Morgan fingerprint density at radius 2 is 1.83 bits per heavy atom. The van der Waals surface area contributed by atoms with E-state index in [9.17, 15) is 9.59 Å². The van der Waals surface area contributed by atoms with Crippen molar-refractivity contribution in [3.05, 3.63) is 70.5 Å². The minimum absolute atomic E-state index is 0.0817. The molecule has 4 aromatic rings. The number of amides is 1. The third kappa shape index (κ3) is 8.45. The maximum atomic E-state index is 13.2. The molecule has 1 N–H and O–H groups in total. The highest BCUT2D eigenvalue weighted by Gasteiger charge is 2.31. The Balaban J connectivity index is 0.000000376. The summed E-state index contributed by atoms with van der Waals surface area (Å²) in [6.45, 7) is 8.36. The van der Waals surface area contributed by atoms with Crippen LogP contribution in [0, 0.1) is 5.92 Å². The number of methoxy groups -OCH3 is 1. The fraction of sp³-hybridized carbons (Fsp3) is 0.512. The largest absolute Gasteiger partial charge is 0.497 e. The second kappa shape index (κ2) is 17.1. The number of likely N-dealkylation sites (N-methyl/N-ethyl adjacent to an activating group) is 2. The van der Waals surface area contributed by atoms with Gasteiger partial charge in [0.15, 0.2) is 6.29 Å². The summed E-state index contributed by atoms with van der Waals surface area (Å²) in [4.78, 5) is 30.1. The normalized spacial score (nSPS) is 19.0. The molecule has 1 aliphatic carbocycles. The predicted octanol–water partition coefficient (Wildman–Crippen LogP) is 8.53. The number of nitrogens with one attached hydrogen (secondary N) is 1. The maximum absolute atomic E-state index is 13.2. The lowest BCUT2D eigenvalue weighted by Crippen LogP contribution is -2.37. The Kier molecular flexibility index (Phi) is 12.5. The molecule has 2 aromatic heterocycles. The summed E-state index contributed by atoms with van der Waals surface area (Å²) in [6, 6.07) is 14.0. The molecular weight excluding hydrogens is 681 g/mol. The number of hydrogen-bond acceptors (Lipinski definition) is 7. The first kappa shape index (κ1) is 38.9. The highest BCUT2D eigenvalue weighted by atomic mass is 32.2. The molecule has 10 heteroatoms. The van der Waals surface area contributed by atoms with Crippen molar-refractivity contribution in [2.75, 3.05) is 40.6 Å². The smallest absolute Gasteiger partial charge is 0.261 e. The molecule has 0 bridgehead atoms. The van der Waals surface area contributed by atoms with Crippen LogP contribution in [0.3, 0.4) is 0 Å². The van der Waals surface area contributed by atoms with Crippen molar-refractivity contribution in [2.24, 2.45) is 13.0 Å². The third-order valence-corrected chi connectivity index (χ3v) is 12.5. The number of aldehydes is 1. The number of likely N-dealkylation sites (tertiary alicyclic amines) is 1. The molecule has 4 heterocycles. The van der Waals surface area contributed by atoms with Crippen molar-refractivity contribution in [1.29, 1.82) is 0 Å². The van der Waals surface area contributed by atoms with Crippen molar-refractivity contribution >= 4 is 46.7 Å². The van der Waals surface area contributed by atoms with Crippen LogP contribution in [0.4, 0.5) is 0 Å². The van der Waals surface area contributed by atoms with Crippen LogP contribution in [0.2, 0.25) is 0 Å². The Hall–Kier alpha value is -3.86. The maximum Gasteiger partial charge on any atom is 0.261 e. The fourth-order valence-electron chi connectivity index (χ4n) is 8.44. The number of aryl methyl sites for hydroxylation is 1. The number of ether oxygens (including phenoxy) is 1. The molecule has 1 saturated carbocycles. The van der Waals surface area contributed by atoms with Crippen LogP contribution in [-0.4, -0.2) is 89.0 Å². The topological polar surface area (TPSA) is 84.6 Å². The Bertz CT molecular complexity index is 1950. The van der Waals surface area contributed by atoms with Gasteiger partial charge >= 0.3 is 0 Å².